The van der Waals surface area contributed by atoms with E-state index < -0.39 is 10.0 Å². The van der Waals surface area contributed by atoms with Gasteiger partial charge in [0, 0.05) is 25.4 Å². The molecule has 0 unspecified atom stereocenters. The number of guanidine groups is 1. The van der Waals surface area contributed by atoms with E-state index in [1.54, 1.807) is 23.5 Å². The van der Waals surface area contributed by atoms with E-state index in [1.165, 1.54) is 28.8 Å². The average molecular weight is 444 g/mol. The summed E-state index contributed by atoms with van der Waals surface area (Å²) in [7, 11) is -0.353. The van der Waals surface area contributed by atoms with Crippen molar-refractivity contribution in [1.82, 2.24) is 9.29 Å². The lowest BCUT2D eigenvalue weighted by molar-refractivity contribution is 0.520. The summed E-state index contributed by atoms with van der Waals surface area (Å²) in [5.74, 6) is 0.0437. The van der Waals surface area contributed by atoms with Crippen LogP contribution >= 0.6 is 11.3 Å². The summed E-state index contributed by atoms with van der Waals surface area (Å²) in [6, 6.07) is 14.8. The van der Waals surface area contributed by atoms with Crippen molar-refractivity contribution in [3.63, 3.8) is 0 Å². The molecule has 1 heterocycles. The van der Waals surface area contributed by atoms with Crippen LogP contribution < -0.4 is 11.5 Å². The third-order valence-corrected chi connectivity index (χ3v) is 7.34. The molecule has 0 radical (unpaired) electrons. The van der Waals surface area contributed by atoms with Crippen LogP contribution in [-0.4, -0.2) is 37.8 Å². The monoisotopic (exact) mass is 443 g/mol. The van der Waals surface area contributed by atoms with Crippen molar-refractivity contribution in [2.24, 2.45) is 16.5 Å². The fourth-order valence-electron chi connectivity index (χ4n) is 2.97. The van der Waals surface area contributed by atoms with E-state index in [2.05, 4.69) is 9.98 Å². The van der Waals surface area contributed by atoms with Crippen LogP contribution in [0.1, 0.15) is 21.7 Å². The Bertz CT molecular complexity index is 1110. The number of nitrogens with two attached hydrogens (primary N) is 2. The molecule has 7 nitrogen and oxygen atoms in total. The van der Waals surface area contributed by atoms with Crippen molar-refractivity contribution in [3.05, 3.63) is 75.7 Å². The van der Waals surface area contributed by atoms with Gasteiger partial charge in [-0.25, -0.2) is 22.7 Å². The zero-order valence-corrected chi connectivity index (χ0v) is 18.6. The van der Waals surface area contributed by atoms with E-state index in [4.69, 9.17) is 11.5 Å². The van der Waals surface area contributed by atoms with E-state index in [0.717, 1.165) is 36.2 Å². The molecule has 0 atom stereocenters. The second-order valence-corrected chi connectivity index (χ2v) is 10.1. The van der Waals surface area contributed by atoms with Gasteiger partial charge in [-0.2, -0.15) is 0 Å². The Kier molecular flexibility index (Phi) is 6.86. The van der Waals surface area contributed by atoms with Gasteiger partial charge in [-0.1, -0.05) is 24.3 Å². The minimum Gasteiger partial charge on any atom is -0.370 e. The number of aliphatic imine (C=N–C) groups is 1. The van der Waals surface area contributed by atoms with E-state index >= 15 is 0 Å². The molecule has 0 spiro atoms. The van der Waals surface area contributed by atoms with Crippen LogP contribution in [0.15, 0.2) is 63.9 Å². The second-order valence-electron chi connectivity index (χ2n) is 7.03. The van der Waals surface area contributed by atoms with Crippen LogP contribution in [0.5, 0.6) is 0 Å². The fraction of sp³-hybridized carbons (Fsp3) is 0.238. The third kappa shape index (κ3) is 5.44. The van der Waals surface area contributed by atoms with Crippen molar-refractivity contribution in [2.75, 3.05) is 14.1 Å². The highest BCUT2D eigenvalue weighted by molar-refractivity contribution is 7.89. The number of hydrogen-bond donors (Lipinski definition) is 2. The smallest absolute Gasteiger partial charge is 0.242 e. The lowest BCUT2D eigenvalue weighted by Crippen LogP contribution is -2.22. The molecule has 1 aromatic heterocycles. The van der Waals surface area contributed by atoms with Gasteiger partial charge in [0.05, 0.1) is 21.8 Å². The second kappa shape index (κ2) is 9.38. The van der Waals surface area contributed by atoms with Crippen molar-refractivity contribution in [2.45, 2.75) is 24.2 Å². The summed E-state index contributed by atoms with van der Waals surface area (Å²) in [6.07, 6.45) is 2.41. The first-order valence-electron chi connectivity index (χ1n) is 9.37. The van der Waals surface area contributed by atoms with Gasteiger partial charge < -0.3 is 11.5 Å². The van der Waals surface area contributed by atoms with Crippen LogP contribution in [-0.2, 0) is 29.3 Å². The van der Waals surface area contributed by atoms with Gasteiger partial charge in [-0.05, 0) is 48.2 Å². The number of thiazole rings is 1. The minimum absolute atomic E-state index is 0.0437. The van der Waals surface area contributed by atoms with Gasteiger partial charge in [0.15, 0.2) is 5.96 Å². The SMILES string of the molecule is CN(C)S(=O)(=O)c1ccc(Cc2scnc2CCc2ccc(N=C(N)N)cc2)cc1. The number of hydrogen-bond acceptors (Lipinski definition) is 5. The standard InChI is InChI=1S/C21H25N5O2S2/c1-26(2)30(27,28)18-10-5-16(6-11-18)13-20-19(24-14-29-20)12-7-15-3-8-17(9-4-15)25-21(22)23/h3-6,8-11,14H,7,12-13H2,1-2H3,(H4,22,23,25). The number of aryl methyl sites for hydroxylation is 2. The molecule has 0 aliphatic rings. The van der Waals surface area contributed by atoms with Crippen molar-refractivity contribution >= 4 is 33.0 Å². The van der Waals surface area contributed by atoms with Gasteiger partial charge in [-0.15, -0.1) is 11.3 Å². The first-order chi connectivity index (χ1) is 14.3. The number of aromatic nitrogens is 1. The van der Waals surface area contributed by atoms with E-state index in [1.807, 2.05) is 41.9 Å². The molecule has 158 valence electrons. The Morgan fingerprint density at radius 1 is 1.00 bits per heavy atom. The highest BCUT2D eigenvalue weighted by Gasteiger charge is 2.17. The molecule has 0 aliphatic carbocycles. The maximum Gasteiger partial charge on any atom is 0.242 e. The van der Waals surface area contributed by atoms with E-state index in [-0.39, 0.29) is 5.96 Å². The highest BCUT2D eigenvalue weighted by atomic mass is 32.2. The molecule has 9 heteroatoms. The Labute approximate surface area is 181 Å². The average Bonchev–Trinajstić information content (AvgIpc) is 3.14. The Hall–Kier alpha value is -2.75. The Balaban J connectivity index is 1.65. The van der Waals surface area contributed by atoms with Gasteiger partial charge >= 0.3 is 0 Å². The molecule has 30 heavy (non-hydrogen) atoms. The largest absolute Gasteiger partial charge is 0.370 e. The molecular formula is C21H25N5O2S2. The lowest BCUT2D eigenvalue weighted by atomic mass is 10.0. The van der Waals surface area contributed by atoms with Crippen LogP contribution in [0.25, 0.3) is 0 Å². The van der Waals surface area contributed by atoms with Crippen molar-refractivity contribution in [3.8, 4) is 0 Å². The number of rotatable bonds is 8. The van der Waals surface area contributed by atoms with Crippen molar-refractivity contribution < 1.29 is 8.42 Å². The molecule has 0 saturated carbocycles. The van der Waals surface area contributed by atoms with Gasteiger partial charge in [0.25, 0.3) is 0 Å². The molecule has 4 N–H and O–H groups in total. The first-order valence-corrected chi connectivity index (χ1v) is 11.7. The van der Waals surface area contributed by atoms with Crippen molar-refractivity contribution in [1.29, 1.82) is 0 Å². The highest BCUT2D eigenvalue weighted by Crippen LogP contribution is 2.22. The first kappa shape index (κ1) is 21.9. The maximum absolute atomic E-state index is 12.2. The molecule has 0 aliphatic heterocycles. The molecule has 0 saturated heterocycles. The zero-order chi connectivity index (χ0) is 21.7. The normalized spacial score (nSPS) is 11.6. The zero-order valence-electron chi connectivity index (χ0n) is 16.9. The molecule has 3 aromatic rings. The molecular weight excluding hydrogens is 418 g/mol. The van der Waals surface area contributed by atoms with Gasteiger partial charge in [-0.3, -0.25) is 0 Å². The third-order valence-electron chi connectivity index (χ3n) is 4.64. The summed E-state index contributed by atoms with van der Waals surface area (Å²) in [6.45, 7) is 0. The topological polar surface area (TPSA) is 115 Å². The summed E-state index contributed by atoms with van der Waals surface area (Å²) in [4.78, 5) is 10.0. The molecule has 3 rings (SSSR count). The predicted molar refractivity (Wildman–Crippen MR) is 122 cm³/mol. The van der Waals surface area contributed by atoms with E-state index in [9.17, 15) is 8.42 Å². The number of sulfonamides is 1. The number of nitrogens with zero attached hydrogens (tertiary/aromatic N) is 3. The van der Waals surface area contributed by atoms with Gasteiger partial charge in [0.1, 0.15) is 0 Å². The molecule has 0 bridgehead atoms. The fourth-order valence-corrected chi connectivity index (χ4v) is 4.72. The summed E-state index contributed by atoms with van der Waals surface area (Å²) in [5, 5.41) is 0. The quantitative estimate of drug-likeness (QED) is 0.410. The minimum atomic E-state index is -3.41. The molecule has 2 aromatic carbocycles. The van der Waals surface area contributed by atoms with E-state index in [0.29, 0.717) is 4.90 Å². The van der Waals surface area contributed by atoms with Crippen LogP contribution in [0.2, 0.25) is 0 Å². The summed E-state index contributed by atoms with van der Waals surface area (Å²) < 4.78 is 25.6. The van der Waals surface area contributed by atoms with Gasteiger partial charge in [0.2, 0.25) is 10.0 Å². The lowest BCUT2D eigenvalue weighted by Gasteiger charge is -2.11. The van der Waals surface area contributed by atoms with Crippen LogP contribution in [0.3, 0.4) is 0 Å². The van der Waals surface area contributed by atoms with Crippen LogP contribution in [0.4, 0.5) is 5.69 Å². The summed E-state index contributed by atoms with van der Waals surface area (Å²) in [5.41, 5.74) is 16.7. The number of benzene rings is 2. The Morgan fingerprint density at radius 3 is 2.23 bits per heavy atom. The Morgan fingerprint density at radius 2 is 1.63 bits per heavy atom. The summed E-state index contributed by atoms with van der Waals surface area (Å²) >= 11 is 1.62. The predicted octanol–water partition coefficient (Wildman–Crippen LogP) is 2.67. The van der Waals surface area contributed by atoms with Crippen LogP contribution in [0, 0.1) is 0 Å². The molecule has 0 amide bonds. The maximum atomic E-state index is 12.2. The molecule has 0 fully saturated rings.